The predicted molar refractivity (Wildman–Crippen MR) is 89.8 cm³/mol. The summed E-state index contributed by atoms with van der Waals surface area (Å²) in [5.74, 6) is 0.0747. The molecule has 1 aromatic rings. The maximum Gasteiger partial charge on any atom is 0.331 e. The number of rotatable bonds is 5. The molecule has 0 N–H and O–H groups in total. The summed E-state index contributed by atoms with van der Waals surface area (Å²) in [5, 5.41) is 0. The molecule has 1 aliphatic rings. The van der Waals surface area contributed by atoms with E-state index in [1.165, 1.54) is 11.6 Å². The van der Waals surface area contributed by atoms with E-state index in [9.17, 15) is 9.59 Å². The van der Waals surface area contributed by atoms with Crippen LogP contribution in [0.25, 0.3) is 0 Å². The molecule has 0 saturated carbocycles. The first-order valence-electron chi connectivity index (χ1n) is 8.18. The largest absolute Gasteiger partial charge is 0.452 e. The van der Waals surface area contributed by atoms with Gasteiger partial charge in [0.2, 0.25) is 0 Å². The number of nitrogens with zero attached hydrogens (tertiary/aromatic N) is 1. The van der Waals surface area contributed by atoms with Gasteiger partial charge in [-0.15, -0.1) is 0 Å². The molecule has 0 aliphatic carbocycles. The molecule has 4 heteroatoms. The Bertz CT molecular complexity index is 553. The van der Waals surface area contributed by atoms with E-state index in [0.717, 1.165) is 37.9 Å². The third kappa shape index (κ3) is 5.89. The number of benzene rings is 1. The SMILES string of the molecule is CC(C)=CC(=O)OCC(=O)N1CCC(Cc2ccccc2)CC1. The van der Waals surface area contributed by atoms with Gasteiger partial charge in [0.25, 0.3) is 5.91 Å². The Labute approximate surface area is 138 Å². The summed E-state index contributed by atoms with van der Waals surface area (Å²) in [6.07, 6.45) is 4.48. The van der Waals surface area contributed by atoms with Gasteiger partial charge >= 0.3 is 5.97 Å². The van der Waals surface area contributed by atoms with Crippen molar-refractivity contribution in [1.82, 2.24) is 4.90 Å². The second kappa shape index (κ2) is 8.51. The second-order valence-corrected chi connectivity index (χ2v) is 6.34. The fourth-order valence-electron chi connectivity index (χ4n) is 2.84. The maximum absolute atomic E-state index is 12.1. The molecule has 0 atom stereocenters. The van der Waals surface area contributed by atoms with Gasteiger partial charge in [-0.05, 0) is 44.6 Å². The zero-order valence-corrected chi connectivity index (χ0v) is 14.0. The molecule has 23 heavy (non-hydrogen) atoms. The van der Waals surface area contributed by atoms with Gasteiger partial charge in [0, 0.05) is 19.2 Å². The van der Waals surface area contributed by atoms with E-state index in [-0.39, 0.29) is 12.5 Å². The van der Waals surface area contributed by atoms with Gasteiger partial charge in [0.15, 0.2) is 6.61 Å². The summed E-state index contributed by atoms with van der Waals surface area (Å²) in [6.45, 7) is 4.97. The first-order valence-corrected chi connectivity index (χ1v) is 8.18. The Hall–Kier alpha value is -2.10. The van der Waals surface area contributed by atoms with E-state index in [0.29, 0.717) is 5.92 Å². The van der Waals surface area contributed by atoms with Crippen molar-refractivity contribution >= 4 is 11.9 Å². The van der Waals surface area contributed by atoms with Crippen molar-refractivity contribution in [3.63, 3.8) is 0 Å². The van der Waals surface area contributed by atoms with Crippen molar-refractivity contribution < 1.29 is 14.3 Å². The molecule has 4 nitrogen and oxygen atoms in total. The molecule has 0 unspecified atom stereocenters. The van der Waals surface area contributed by atoms with Gasteiger partial charge in [-0.2, -0.15) is 0 Å². The van der Waals surface area contributed by atoms with Crippen LogP contribution in [0.4, 0.5) is 0 Å². The average Bonchev–Trinajstić information content (AvgIpc) is 2.54. The Kier molecular flexibility index (Phi) is 6.39. The van der Waals surface area contributed by atoms with Crippen molar-refractivity contribution in [2.45, 2.75) is 33.1 Å². The standard InChI is InChI=1S/C19H25NO3/c1-15(2)12-19(22)23-14-18(21)20-10-8-17(9-11-20)13-16-6-4-3-5-7-16/h3-7,12,17H,8-11,13-14H2,1-2H3. The Morgan fingerprint density at radius 1 is 1.17 bits per heavy atom. The summed E-state index contributed by atoms with van der Waals surface area (Å²) in [6, 6.07) is 10.5. The monoisotopic (exact) mass is 315 g/mol. The third-order valence-corrected chi connectivity index (χ3v) is 4.08. The Morgan fingerprint density at radius 2 is 1.83 bits per heavy atom. The van der Waals surface area contributed by atoms with Gasteiger partial charge in [-0.1, -0.05) is 35.9 Å². The Morgan fingerprint density at radius 3 is 2.43 bits per heavy atom. The number of piperidine rings is 1. The lowest BCUT2D eigenvalue weighted by Crippen LogP contribution is -2.41. The fraction of sp³-hybridized carbons (Fsp3) is 0.474. The molecule has 1 aliphatic heterocycles. The van der Waals surface area contributed by atoms with Gasteiger partial charge in [-0.25, -0.2) is 4.79 Å². The van der Waals surface area contributed by atoms with E-state index < -0.39 is 5.97 Å². The minimum absolute atomic E-state index is 0.0985. The number of likely N-dealkylation sites (tertiary alicyclic amines) is 1. The van der Waals surface area contributed by atoms with Crippen LogP contribution in [0.5, 0.6) is 0 Å². The number of carbonyl (C=O) groups is 2. The summed E-state index contributed by atoms with van der Waals surface area (Å²) >= 11 is 0. The van der Waals surface area contributed by atoms with E-state index in [4.69, 9.17) is 4.74 Å². The first-order chi connectivity index (χ1) is 11.0. The highest BCUT2D eigenvalue weighted by molar-refractivity contribution is 5.86. The highest BCUT2D eigenvalue weighted by Crippen LogP contribution is 2.21. The molecule has 1 fully saturated rings. The summed E-state index contributed by atoms with van der Waals surface area (Å²) in [4.78, 5) is 25.3. The summed E-state index contributed by atoms with van der Waals surface area (Å²) in [7, 11) is 0. The molecule has 1 heterocycles. The minimum Gasteiger partial charge on any atom is -0.452 e. The van der Waals surface area contributed by atoms with Gasteiger partial charge < -0.3 is 9.64 Å². The highest BCUT2D eigenvalue weighted by atomic mass is 16.5. The maximum atomic E-state index is 12.1. The molecule has 0 aromatic heterocycles. The van der Waals surface area contributed by atoms with Gasteiger partial charge in [0.05, 0.1) is 0 Å². The van der Waals surface area contributed by atoms with Crippen LogP contribution in [0.1, 0.15) is 32.3 Å². The number of esters is 1. The van der Waals surface area contributed by atoms with Gasteiger partial charge in [0.1, 0.15) is 0 Å². The lowest BCUT2D eigenvalue weighted by atomic mass is 9.90. The molecular formula is C19H25NO3. The van der Waals surface area contributed by atoms with Crippen LogP contribution in [0.2, 0.25) is 0 Å². The molecule has 124 valence electrons. The summed E-state index contributed by atoms with van der Waals surface area (Å²) in [5.41, 5.74) is 2.22. The van der Waals surface area contributed by atoms with Crippen molar-refractivity contribution in [3.8, 4) is 0 Å². The Balaban J connectivity index is 1.72. The van der Waals surface area contributed by atoms with E-state index >= 15 is 0 Å². The van der Waals surface area contributed by atoms with Crippen LogP contribution in [0.3, 0.4) is 0 Å². The third-order valence-electron chi connectivity index (χ3n) is 4.08. The van der Waals surface area contributed by atoms with Crippen LogP contribution in [0.15, 0.2) is 42.0 Å². The fourth-order valence-corrected chi connectivity index (χ4v) is 2.84. The van der Waals surface area contributed by atoms with E-state index in [1.807, 2.05) is 19.9 Å². The van der Waals surface area contributed by atoms with Crippen molar-refractivity contribution in [2.75, 3.05) is 19.7 Å². The molecule has 1 amide bonds. The first kappa shape index (κ1) is 17.3. The number of ether oxygens (including phenoxy) is 1. The average molecular weight is 315 g/mol. The molecule has 1 saturated heterocycles. The molecule has 1 aromatic carbocycles. The number of allylic oxidation sites excluding steroid dienone is 1. The highest BCUT2D eigenvalue weighted by Gasteiger charge is 2.23. The zero-order chi connectivity index (χ0) is 16.7. The molecule has 2 rings (SSSR count). The van der Waals surface area contributed by atoms with Crippen LogP contribution in [-0.4, -0.2) is 36.5 Å². The van der Waals surface area contributed by atoms with E-state index in [1.54, 1.807) is 4.90 Å². The van der Waals surface area contributed by atoms with Crippen LogP contribution < -0.4 is 0 Å². The molecule has 0 spiro atoms. The minimum atomic E-state index is -0.447. The molecule has 0 bridgehead atoms. The number of hydrogen-bond acceptors (Lipinski definition) is 3. The molecule has 0 radical (unpaired) electrons. The summed E-state index contributed by atoms with van der Waals surface area (Å²) < 4.78 is 4.98. The van der Waals surface area contributed by atoms with Crippen LogP contribution in [-0.2, 0) is 20.7 Å². The quantitative estimate of drug-likeness (QED) is 0.620. The van der Waals surface area contributed by atoms with Crippen molar-refractivity contribution in [3.05, 3.63) is 47.5 Å². The van der Waals surface area contributed by atoms with Crippen molar-refractivity contribution in [1.29, 1.82) is 0 Å². The van der Waals surface area contributed by atoms with Gasteiger partial charge in [-0.3, -0.25) is 4.79 Å². The smallest absolute Gasteiger partial charge is 0.331 e. The zero-order valence-electron chi connectivity index (χ0n) is 14.0. The molecular weight excluding hydrogens is 290 g/mol. The number of hydrogen-bond donors (Lipinski definition) is 0. The number of carbonyl (C=O) groups excluding carboxylic acids is 2. The lowest BCUT2D eigenvalue weighted by molar-refractivity contribution is -0.148. The number of amides is 1. The topological polar surface area (TPSA) is 46.6 Å². The second-order valence-electron chi connectivity index (χ2n) is 6.34. The van der Waals surface area contributed by atoms with E-state index in [2.05, 4.69) is 24.3 Å². The van der Waals surface area contributed by atoms with Crippen LogP contribution >= 0.6 is 0 Å². The van der Waals surface area contributed by atoms with Crippen molar-refractivity contribution in [2.24, 2.45) is 5.92 Å². The lowest BCUT2D eigenvalue weighted by Gasteiger charge is -2.32. The predicted octanol–water partition coefficient (Wildman–Crippen LogP) is 2.98. The normalized spacial score (nSPS) is 15.1. The van der Waals surface area contributed by atoms with Crippen LogP contribution in [0, 0.1) is 5.92 Å².